The van der Waals surface area contributed by atoms with Crippen molar-refractivity contribution in [3.8, 4) is 0 Å². The monoisotopic (exact) mass is 411 g/mol. The molecule has 0 bridgehead atoms. The number of H-pyrrole nitrogens is 1. The summed E-state index contributed by atoms with van der Waals surface area (Å²) >= 11 is 6.06. The smallest absolute Gasteiger partial charge is 0.339 e. The minimum absolute atomic E-state index is 0.186. The molecule has 148 valence electrons. The van der Waals surface area contributed by atoms with Crippen molar-refractivity contribution < 1.29 is 14.3 Å². The number of esters is 1. The van der Waals surface area contributed by atoms with Crippen LogP contribution in [-0.2, 0) is 11.2 Å². The average molecular weight is 412 g/mol. The van der Waals surface area contributed by atoms with Gasteiger partial charge in [0.05, 0.1) is 29.7 Å². The first-order chi connectivity index (χ1) is 14.1. The Morgan fingerprint density at radius 1 is 1.28 bits per heavy atom. The first kappa shape index (κ1) is 18.9. The van der Waals surface area contributed by atoms with Crippen LogP contribution in [0.2, 0.25) is 5.02 Å². The number of nitrogens with one attached hydrogen (secondary N) is 2. The summed E-state index contributed by atoms with van der Waals surface area (Å²) in [7, 11) is 1.28. The molecule has 2 aromatic heterocycles. The Balaban J connectivity index is 1.63. The molecule has 4 rings (SSSR count). The van der Waals surface area contributed by atoms with Gasteiger partial charge in [-0.15, -0.1) is 0 Å². The molecule has 1 atom stereocenters. The van der Waals surface area contributed by atoms with Gasteiger partial charge in [-0.25, -0.2) is 14.6 Å². The summed E-state index contributed by atoms with van der Waals surface area (Å²) in [5.41, 5.74) is 3.36. The van der Waals surface area contributed by atoms with Gasteiger partial charge in [-0.3, -0.25) is 4.98 Å². The van der Waals surface area contributed by atoms with Gasteiger partial charge in [0.25, 0.3) is 0 Å². The number of anilines is 1. The van der Waals surface area contributed by atoms with Crippen LogP contribution in [-0.4, -0.2) is 45.5 Å². The van der Waals surface area contributed by atoms with E-state index in [1.165, 1.54) is 13.2 Å². The molecule has 0 aliphatic carbocycles. The van der Waals surface area contributed by atoms with E-state index in [0.29, 0.717) is 18.7 Å². The number of aromatic amines is 1. The number of urea groups is 1. The molecule has 0 fully saturated rings. The predicted octanol–water partition coefficient (Wildman–Crippen LogP) is 3.42. The molecular weight excluding hydrogens is 394 g/mol. The van der Waals surface area contributed by atoms with Crippen molar-refractivity contribution in [2.45, 2.75) is 12.5 Å². The van der Waals surface area contributed by atoms with Crippen molar-refractivity contribution in [3.63, 3.8) is 0 Å². The molecule has 0 radical (unpaired) electrons. The standard InChI is InChI=1S/C20H18ClN5O3/c1-29-19(27)14-10-13(2-3-15(14)21)25-20(28)26-9-6-16-17(24-11-23-16)18(26)12-4-7-22-8-5-12/h2-5,7-8,10-11,18H,6,9H2,1H3,(H,23,24)(H,25,28). The Labute approximate surface area is 171 Å². The van der Waals surface area contributed by atoms with E-state index in [1.807, 2.05) is 12.1 Å². The largest absolute Gasteiger partial charge is 0.465 e. The van der Waals surface area contributed by atoms with Crippen LogP contribution in [0.5, 0.6) is 0 Å². The fourth-order valence-corrected chi connectivity index (χ4v) is 3.64. The summed E-state index contributed by atoms with van der Waals surface area (Å²) < 4.78 is 4.73. The Morgan fingerprint density at radius 2 is 2.07 bits per heavy atom. The summed E-state index contributed by atoms with van der Waals surface area (Å²) in [6, 6.07) is 7.76. The molecule has 29 heavy (non-hydrogen) atoms. The number of methoxy groups -OCH3 is 1. The minimum atomic E-state index is -0.570. The minimum Gasteiger partial charge on any atom is -0.465 e. The number of ether oxygens (including phenoxy) is 1. The number of fused-ring (bicyclic) bond motifs is 1. The number of aromatic nitrogens is 3. The van der Waals surface area contributed by atoms with Crippen LogP contribution < -0.4 is 5.32 Å². The van der Waals surface area contributed by atoms with Crippen molar-refractivity contribution in [2.24, 2.45) is 0 Å². The van der Waals surface area contributed by atoms with E-state index in [4.69, 9.17) is 16.3 Å². The highest BCUT2D eigenvalue weighted by Gasteiger charge is 2.34. The second-order valence-electron chi connectivity index (χ2n) is 6.51. The third-order valence-corrected chi connectivity index (χ3v) is 5.16. The molecule has 1 aromatic carbocycles. The third-order valence-electron chi connectivity index (χ3n) is 4.83. The van der Waals surface area contributed by atoms with E-state index >= 15 is 0 Å². The molecule has 1 unspecified atom stereocenters. The molecule has 3 aromatic rings. The number of benzene rings is 1. The van der Waals surface area contributed by atoms with Crippen molar-refractivity contribution in [2.75, 3.05) is 19.0 Å². The lowest BCUT2D eigenvalue weighted by Crippen LogP contribution is -2.43. The van der Waals surface area contributed by atoms with Gasteiger partial charge < -0.3 is 19.9 Å². The van der Waals surface area contributed by atoms with Gasteiger partial charge in [0, 0.05) is 36.7 Å². The van der Waals surface area contributed by atoms with Crippen LogP contribution in [0.25, 0.3) is 0 Å². The Kier molecular flexibility index (Phi) is 5.18. The van der Waals surface area contributed by atoms with Crippen LogP contribution in [0.15, 0.2) is 49.1 Å². The molecule has 0 saturated heterocycles. The van der Waals surface area contributed by atoms with Gasteiger partial charge >= 0.3 is 12.0 Å². The summed E-state index contributed by atoms with van der Waals surface area (Å²) in [4.78, 5) is 38.4. The zero-order valence-corrected chi connectivity index (χ0v) is 16.3. The highest BCUT2D eigenvalue weighted by Crippen LogP contribution is 2.33. The summed E-state index contributed by atoms with van der Waals surface area (Å²) in [5.74, 6) is -0.570. The number of rotatable bonds is 3. The number of imidazole rings is 1. The number of halogens is 1. The van der Waals surface area contributed by atoms with E-state index < -0.39 is 5.97 Å². The lowest BCUT2D eigenvalue weighted by atomic mass is 9.97. The SMILES string of the molecule is COC(=O)c1cc(NC(=O)N2CCc3[nH]cnc3C2c2ccncc2)ccc1Cl. The van der Waals surface area contributed by atoms with Crippen molar-refractivity contribution in [3.05, 3.63) is 76.6 Å². The fourth-order valence-electron chi connectivity index (χ4n) is 3.44. The number of pyridine rings is 1. The van der Waals surface area contributed by atoms with E-state index in [9.17, 15) is 9.59 Å². The number of carbonyl (C=O) groups excluding carboxylic acids is 2. The third kappa shape index (κ3) is 3.66. The first-order valence-electron chi connectivity index (χ1n) is 8.96. The second-order valence-corrected chi connectivity index (χ2v) is 6.92. The first-order valence-corrected chi connectivity index (χ1v) is 9.34. The van der Waals surface area contributed by atoms with Gasteiger partial charge in [0.1, 0.15) is 6.04 Å². The summed E-state index contributed by atoms with van der Waals surface area (Å²) in [6.07, 6.45) is 5.68. The Hall–Kier alpha value is -3.39. The molecule has 3 heterocycles. The lowest BCUT2D eigenvalue weighted by Gasteiger charge is -2.35. The molecule has 1 aliphatic heterocycles. The maximum atomic E-state index is 13.1. The zero-order valence-electron chi connectivity index (χ0n) is 15.6. The number of nitrogens with zero attached hydrogens (tertiary/aromatic N) is 3. The van der Waals surface area contributed by atoms with E-state index in [2.05, 4.69) is 20.3 Å². The van der Waals surface area contributed by atoms with Crippen LogP contribution in [0.1, 0.15) is 33.4 Å². The van der Waals surface area contributed by atoms with Gasteiger partial charge in [0.2, 0.25) is 0 Å². The molecule has 2 N–H and O–H groups in total. The number of hydrogen-bond acceptors (Lipinski definition) is 5. The average Bonchev–Trinajstić information content (AvgIpc) is 3.23. The molecule has 2 amide bonds. The molecule has 0 saturated carbocycles. The molecule has 0 spiro atoms. The van der Waals surface area contributed by atoms with Gasteiger partial charge in [-0.2, -0.15) is 0 Å². The van der Waals surface area contributed by atoms with E-state index in [1.54, 1.807) is 35.8 Å². The Morgan fingerprint density at radius 3 is 2.83 bits per heavy atom. The predicted molar refractivity (Wildman–Crippen MR) is 107 cm³/mol. The molecule has 9 heteroatoms. The molecule has 8 nitrogen and oxygen atoms in total. The number of amides is 2. The van der Waals surface area contributed by atoms with E-state index in [0.717, 1.165) is 17.0 Å². The van der Waals surface area contributed by atoms with Gasteiger partial charge in [-0.05, 0) is 35.9 Å². The maximum Gasteiger partial charge on any atom is 0.339 e. The quantitative estimate of drug-likeness (QED) is 0.643. The van der Waals surface area contributed by atoms with E-state index in [-0.39, 0.29) is 22.7 Å². The van der Waals surface area contributed by atoms with Crippen LogP contribution >= 0.6 is 11.6 Å². The van der Waals surface area contributed by atoms with Gasteiger partial charge in [-0.1, -0.05) is 11.6 Å². The highest BCUT2D eigenvalue weighted by atomic mass is 35.5. The lowest BCUT2D eigenvalue weighted by molar-refractivity contribution is 0.0601. The second kappa shape index (κ2) is 7.92. The zero-order chi connectivity index (χ0) is 20.4. The van der Waals surface area contributed by atoms with Gasteiger partial charge in [0.15, 0.2) is 0 Å². The number of hydrogen-bond donors (Lipinski definition) is 2. The van der Waals surface area contributed by atoms with Crippen LogP contribution in [0.4, 0.5) is 10.5 Å². The normalized spacial score (nSPS) is 15.5. The number of carbonyl (C=O) groups is 2. The molecule has 1 aliphatic rings. The van der Waals surface area contributed by atoms with Crippen LogP contribution in [0, 0.1) is 0 Å². The topological polar surface area (TPSA) is 100 Å². The summed E-state index contributed by atoms with van der Waals surface area (Å²) in [6.45, 7) is 0.505. The summed E-state index contributed by atoms with van der Waals surface area (Å²) in [5, 5.41) is 3.10. The highest BCUT2D eigenvalue weighted by molar-refractivity contribution is 6.33. The maximum absolute atomic E-state index is 13.1. The van der Waals surface area contributed by atoms with Crippen LogP contribution in [0.3, 0.4) is 0 Å². The van der Waals surface area contributed by atoms with Crippen molar-refractivity contribution >= 4 is 29.3 Å². The fraction of sp³-hybridized carbons (Fsp3) is 0.200. The van der Waals surface area contributed by atoms with Crippen molar-refractivity contribution in [1.82, 2.24) is 19.9 Å². The van der Waals surface area contributed by atoms with Crippen molar-refractivity contribution in [1.29, 1.82) is 0 Å². The molecular formula is C20H18ClN5O3. The Bertz CT molecular complexity index is 1050.